The van der Waals surface area contributed by atoms with E-state index in [1.54, 1.807) is 24.3 Å². The van der Waals surface area contributed by atoms with Crippen LogP contribution in [0.1, 0.15) is 36.5 Å². The predicted molar refractivity (Wildman–Crippen MR) is 62.3 cm³/mol. The first-order valence-corrected chi connectivity index (χ1v) is 5.62. The van der Waals surface area contributed by atoms with E-state index >= 15 is 0 Å². The van der Waals surface area contributed by atoms with Crippen LogP contribution in [0.25, 0.3) is 0 Å². The molecule has 0 aliphatic heterocycles. The Bertz CT molecular complexity index is 359. The Labute approximate surface area is 101 Å². The quantitative estimate of drug-likeness (QED) is 0.562. The lowest BCUT2D eigenvalue weighted by Gasteiger charge is -2.05. The molecule has 0 saturated carbocycles. The summed E-state index contributed by atoms with van der Waals surface area (Å²) in [5.74, 6) is -0.832. The monoisotopic (exact) mass is 236 g/mol. The van der Waals surface area contributed by atoms with Crippen molar-refractivity contribution >= 4 is 11.9 Å². The zero-order chi connectivity index (χ0) is 12.5. The van der Waals surface area contributed by atoms with Gasteiger partial charge >= 0.3 is 11.9 Å². The molecule has 1 aromatic rings. The summed E-state index contributed by atoms with van der Waals surface area (Å²) in [4.78, 5) is 22.5. The molecule has 0 heterocycles. The van der Waals surface area contributed by atoms with Crippen LogP contribution >= 0.6 is 0 Å². The summed E-state index contributed by atoms with van der Waals surface area (Å²) in [5, 5.41) is 0. The van der Waals surface area contributed by atoms with Crippen LogP contribution in [0.15, 0.2) is 30.3 Å². The second-order valence-corrected chi connectivity index (χ2v) is 3.54. The predicted octanol–water partition coefficient (Wildman–Crippen LogP) is 2.53. The highest BCUT2D eigenvalue weighted by molar-refractivity contribution is 5.89. The minimum Gasteiger partial charge on any atom is -0.428 e. The van der Waals surface area contributed by atoms with Gasteiger partial charge in [-0.05, 0) is 18.6 Å². The maximum atomic E-state index is 11.4. The highest BCUT2D eigenvalue weighted by atomic mass is 16.7. The molecule has 0 radical (unpaired) electrons. The van der Waals surface area contributed by atoms with Crippen LogP contribution in [0, 0.1) is 0 Å². The van der Waals surface area contributed by atoms with Gasteiger partial charge in [-0.25, -0.2) is 4.79 Å². The topological polar surface area (TPSA) is 52.6 Å². The Morgan fingerprint density at radius 3 is 2.47 bits per heavy atom. The summed E-state index contributed by atoms with van der Waals surface area (Å²) in [6.07, 6.45) is 2.07. The Morgan fingerprint density at radius 1 is 1.12 bits per heavy atom. The third kappa shape index (κ3) is 5.15. The van der Waals surface area contributed by atoms with E-state index in [1.807, 2.05) is 13.0 Å². The Hall–Kier alpha value is -1.84. The molecule has 4 nitrogen and oxygen atoms in total. The van der Waals surface area contributed by atoms with Crippen molar-refractivity contribution in [1.82, 2.24) is 0 Å². The third-order valence-corrected chi connectivity index (χ3v) is 2.15. The molecule has 0 aliphatic rings. The number of hydrogen-bond donors (Lipinski definition) is 0. The van der Waals surface area contributed by atoms with Crippen LogP contribution < -0.4 is 0 Å². The van der Waals surface area contributed by atoms with Crippen molar-refractivity contribution in [2.75, 3.05) is 6.79 Å². The standard InChI is InChI=1S/C13H16O4/c1-2-3-9-12(14)16-10-17-13(15)11-7-5-4-6-8-11/h4-8H,2-3,9-10H2,1H3. The summed E-state index contributed by atoms with van der Waals surface area (Å²) in [7, 11) is 0. The fraction of sp³-hybridized carbons (Fsp3) is 0.385. The van der Waals surface area contributed by atoms with Crippen molar-refractivity contribution in [3.63, 3.8) is 0 Å². The number of ether oxygens (including phenoxy) is 2. The molecule has 0 saturated heterocycles. The molecule has 17 heavy (non-hydrogen) atoms. The zero-order valence-electron chi connectivity index (χ0n) is 9.85. The van der Waals surface area contributed by atoms with Crippen LogP contribution in [0.2, 0.25) is 0 Å². The lowest BCUT2D eigenvalue weighted by Crippen LogP contribution is -2.12. The van der Waals surface area contributed by atoms with Crippen LogP contribution in [0.5, 0.6) is 0 Å². The van der Waals surface area contributed by atoms with Gasteiger partial charge in [0.1, 0.15) is 0 Å². The van der Waals surface area contributed by atoms with Crippen molar-refractivity contribution in [3.8, 4) is 0 Å². The Kier molecular flexibility index (Phi) is 5.79. The van der Waals surface area contributed by atoms with Gasteiger partial charge in [-0.15, -0.1) is 0 Å². The molecule has 0 aliphatic carbocycles. The minimum absolute atomic E-state index is 0.323. The molecule has 92 valence electrons. The molecule has 1 rings (SSSR count). The molecular formula is C13H16O4. The first kappa shape index (κ1) is 13.2. The molecular weight excluding hydrogens is 220 g/mol. The summed E-state index contributed by atoms with van der Waals surface area (Å²) in [6.45, 7) is 1.67. The summed E-state index contributed by atoms with van der Waals surface area (Å²) in [6, 6.07) is 8.57. The summed E-state index contributed by atoms with van der Waals surface area (Å²) < 4.78 is 9.55. The van der Waals surface area contributed by atoms with E-state index in [0.717, 1.165) is 12.8 Å². The lowest BCUT2D eigenvalue weighted by molar-refractivity contribution is -0.152. The molecule has 0 fully saturated rings. The Balaban J connectivity index is 2.23. The van der Waals surface area contributed by atoms with E-state index in [0.29, 0.717) is 12.0 Å². The van der Waals surface area contributed by atoms with Crippen molar-refractivity contribution in [1.29, 1.82) is 0 Å². The maximum absolute atomic E-state index is 11.4. The van der Waals surface area contributed by atoms with E-state index in [-0.39, 0.29) is 12.8 Å². The maximum Gasteiger partial charge on any atom is 0.340 e. The number of carbonyl (C=O) groups is 2. The average Bonchev–Trinajstić information content (AvgIpc) is 2.37. The summed E-state index contributed by atoms with van der Waals surface area (Å²) >= 11 is 0. The van der Waals surface area contributed by atoms with Crippen molar-refractivity contribution in [3.05, 3.63) is 35.9 Å². The van der Waals surface area contributed by atoms with Crippen LogP contribution in [-0.2, 0) is 14.3 Å². The van der Waals surface area contributed by atoms with E-state index in [2.05, 4.69) is 0 Å². The first-order chi connectivity index (χ1) is 8.24. The van der Waals surface area contributed by atoms with Gasteiger partial charge in [0, 0.05) is 6.42 Å². The molecule has 0 N–H and O–H groups in total. The van der Waals surface area contributed by atoms with Crippen LogP contribution in [0.3, 0.4) is 0 Å². The molecule has 0 unspecified atom stereocenters. The molecule has 0 amide bonds. The van der Waals surface area contributed by atoms with Gasteiger partial charge in [0.25, 0.3) is 0 Å². The number of esters is 2. The van der Waals surface area contributed by atoms with Gasteiger partial charge in [-0.2, -0.15) is 0 Å². The Morgan fingerprint density at radius 2 is 1.82 bits per heavy atom. The van der Waals surface area contributed by atoms with E-state index < -0.39 is 5.97 Å². The third-order valence-electron chi connectivity index (χ3n) is 2.15. The van der Waals surface area contributed by atoms with Gasteiger partial charge < -0.3 is 9.47 Å². The highest BCUT2D eigenvalue weighted by Gasteiger charge is 2.07. The van der Waals surface area contributed by atoms with Crippen molar-refractivity contribution in [2.45, 2.75) is 26.2 Å². The number of rotatable bonds is 6. The second kappa shape index (κ2) is 7.44. The summed E-state index contributed by atoms with van der Waals surface area (Å²) in [5.41, 5.74) is 0.442. The average molecular weight is 236 g/mol. The number of benzene rings is 1. The number of hydrogen-bond acceptors (Lipinski definition) is 4. The van der Waals surface area contributed by atoms with Crippen molar-refractivity contribution < 1.29 is 19.1 Å². The van der Waals surface area contributed by atoms with Gasteiger partial charge in [-0.1, -0.05) is 31.5 Å². The lowest BCUT2D eigenvalue weighted by atomic mass is 10.2. The molecule has 0 spiro atoms. The molecule has 1 aromatic carbocycles. The van der Waals surface area contributed by atoms with Gasteiger partial charge in [0.15, 0.2) is 0 Å². The normalized spacial score (nSPS) is 9.71. The van der Waals surface area contributed by atoms with Gasteiger partial charge in [0.05, 0.1) is 5.56 Å². The van der Waals surface area contributed by atoms with Gasteiger partial charge in [-0.3, -0.25) is 4.79 Å². The molecule has 4 heteroatoms. The molecule has 0 bridgehead atoms. The number of unbranched alkanes of at least 4 members (excludes halogenated alkanes) is 1. The first-order valence-electron chi connectivity index (χ1n) is 5.62. The van der Waals surface area contributed by atoms with Crippen molar-refractivity contribution in [2.24, 2.45) is 0 Å². The highest BCUT2D eigenvalue weighted by Crippen LogP contribution is 2.02. The molecule has 0 aromatic heterocycles. The fourth-order valence-electron chi connectivity index (χ4n) is 1.20. The van der Waals surface area contributed by atoms with E-state index in [4.69, 9.17) is 9.47 Å². The number of carbonyl (C=O) groups excluding carboxylic acids is 2. The molecule has 0 atom stereocenters. The SMILES string of the molecule is CCCCC(=O)OCOC(=O)c1ccccc1. The fourth-order valence-corrected chi connectivity index (χ4v) is 1.20. The minimum atomic E-state index is -0.492. The van der Waals surface area contributed by atoms with Gasteiger partial charge in [0.2, 0.25) is 6.79 Å². The van der Waals surface area contributed by atoms with Crippen LogP contribution in [0.4, 0.5) is 0 Å². The van der Waals surface area contributed by atoms with Crippen LogP contribution in [-0.4, -0.2) is 18.7 Å². The van der Waals surface area contributed by atoms with E-state index in [9.17, 15) is 9.59 Å². The zero-order valence-corrected chi connectivity index (χ0v) is 9.85. The van der Waals surface area contributed by atoms with E-state index in [1.165, 1.54) is 0 Å². The largest absolute Gasteiger partial charge is 0.428 e. The smallest absolute Gasteiger partial charge is 0.340 e. The second-order valence-electron chi connectivity index (χ2n) is 3.54.